The average molecular weight is 196 g/mol. The summed E-state index contributed by atoms with van der Waals surface area (Å²) in [6, 6.07) is 7.55. The first-order valence-electron chi connectivity index (χ1n) is 4.09. The second kappa shape index (κ2) is 3.47. The van der Waals surface area contributed by atoms with Crippen LogP contribution in [0.1, 0.15) is 10.9 Å². The number of aliphatic carboxylic acids is 1. The Balaban J connectivity index is 2.03. The number of rotatable bonds is 2. The van der Waals surface area contributed by atoms with Crippen molar-refractivity contribution in [3.63, 3.8) is 0 Å². The molecule has 0 bridgehead atoms. The number of hydrogen-bond donors (Lipinski definition) is 2. The van der Waals surface area contributed by atoms with Crippen molar-refractivity contribution in [1.82, 2.24) is 5.32 Å². The highest BCUT2D eigenvalue weighted by Crippen LogP contribution is 2.32. The summed E-state index contributed by atoms with van der Waals surface area (Å²) >= 11 is 1.64. The molecule has 0 aromatic heterocycles. The van der Waals surface area contributed by atoms with E-state index in [9.17, 15) is 4.79 Å². The summed E-state index contributed by atoms with van der Waals surface area (Å²) in [7, 11) is 0. The van der Waals surface area contributed by atoms with E-state index in [2.05, 4.69) is 5.32 Å². The molecule has 1 aliphatic rings. The molecule has 2 N–H and O–H groups in total. The van der Waals surface area contributed by atoms with Crippen molar-refractivity contribution in [2.45, 2.75) is 11.4 Å². The molecule has 0 amide bonds. The van der Waals surface area contributed by atoms with Crippen LogP contribution in [-0.4, -0.2) is 22.9 Å². The van der Waals surface area contributed by atoms with E-state index in [0.29, 0.717) is 5.75 Å². The van der Waals surface area contributed by atoms with Crippen molar-refractivity contribution in [2.75, 3.05) is 5.75 Å². The van der Waals surface area contributed by atoms with Crippen LogP contribution in [0.2, 0.25) is 0 Å². The zero-order valence-electron chi connectivity index (χ0n) is 6.93. The van der Waals surface area contributed by atoms with Gasteiger partial charge in [-0.1, -0.05) is 0 Å². The SMILES string of the molecule is O=C(O)C1CSC(c2cc[cH-]c2)N1. The summed E-state index contributed by atoms with van der Waals surface area (Å²) in [6.07, 6.45) is 0. The van der Waals surface area contributed by atoms with Gasteiger partial charge in [-0.3, -0.25) is 10.1 Å². The van der Waals surface area contributed by atoms with Crippen LogP contribution in [0.15, 0.2) is 24.3 Å². The standard InChI is InChI=1S/C9H10NO2S/c11-9(12)7-5-13-8(10-7)6-3-1-2-4-6/h1-4,7-8,10H,5H2,(H,11,12)/q-1. The van der Waals surface area contributed by atoms with Crippen LogP contribution in [0.25, 0.3) is 0 Å². The summed E-state index contributed by atoms with van der Waals surface area (Å²) in [5.41, 5.74) is 1.16. The van der Waals surface area contributed by atoms with Gasteiger partial charge in [-0.2, -0.15) is 35.5 Å². The maximum absolute atomic E-state index is 10.6. The van der Waals surface area contributed by atoms with Gasteiger partial charge in [-0.05, 0) is 0 Å². The Morgan fingerprint density at radius 2 is 2.62 bits per heavy atom. The molecule has 13 heavy (non-hydrogen) atoms. The van der Waals surface area contributed by atoms with Gasteiger partial charge in [-0.25, -0.2) is 6.07 Å². The van der Waals surface area contributed by atoms with Gasteiger partial charge in [0.15, 0.2) is 0 Å². The predicted molar refractivity (Wildman–Crippen MR) is 51.8 cm³/mol. The lowest BCUT2D eigenvalue weighted by molar-refractivity contribution is -0.138. The minimum atomic E-state index is -0.762. The van der Waals surface area contributed by atoms with E-state index < -0.39 is 12.0 Å². The molecule has 4 heteroatoms. The first-order valence-corrected chi connectivity index (χ1v) is 5.14. The summed E-state index contributed by atoms with van der Waals surface area (Å²) in [5.74, 6) is -0.118. The highest BCUT2D eigenvalue weighted by molar-refractivity contribution is 7.99. The number of carboxylic acids is 1. The lowest BCUT2D eigenvalue weighted by Gasteiger charge is -2.14. The molecule has 3 nitrogen and oxygen atoms in total. The van der Waals surface area contributed by atoms with E-state index in [0.717, 1.165) is 5.56 Å². The van der Waals surface area contributed by atoms with Crippen molar-refractivity contribution >= 4 is 17.7 Å². The molecule has 1 aliphatic heterocycles. The fraction of sp³-hybridized carbons (Fsp3) is 0.333. The van der Waals surface area contributed by atoms with Gasteiger partial charge in [0.2, 0.25) is 0 Å². The molecule has 1 aromatic rings. The first-order chi connectivity index (χ1) is 6.27. The zero-order valence-corrected chi connectivity index (χ0v) is 7.75. The number of nitrogens with one attached hydrogen (secondary N) is 1. The molecule has 2 atom stereocenters. The van der Waals surface area contributed by atoms with Crippen LogP contribution in [0.3, 0.4) is 0 Å². The third-order valence-electron chi connectivity index (χ3n) is 2.07. The third kappa shape index (κ3) is 1.73. The number of thioether (sulfide) groups is 1. The van der Waals surface area contributed by atoms with Crippen LogP contribution in [-0.2, 0) is 4.79 Å². The Morgan fingerprint density at radius 3 is 3.15 bits per heavy atom. The second-order valence-corrected chi connectivity index (χ2v) is 4.13. The van der Waals surface area contributed by atoms with Gasteiger partial charge in [0, 0.05) is 11.1 Å². The van der Waals surface area contributed by atoms with Gasteiger partial charge >= 0.3 is 5.97 Å². The lowest BCUT2D eigenvalue weighted by Crippen LogP contribution is -2.33. The highest BCUT2D eigenvalue weighted by atomic mass is 32.2. The summed E-state index contributed by atoms with van der Waals surface area (Å²) in [4.78, 5) is 10.6. The van der Waals surface area contributed by atoms with Crippen LogP contribution in [0.5, 0.6) is 0 Å². The average Bonchev–Trinajstić information content (AvgIpc) is 2.75. The van der Waals surface area contributed by atoms with Crippen molar-refractivity contribution < 1.29 is 9.90 Å². The Labute approximate surface area is 80.5 Å². The van der Waals surface area contributed by atoms with Crippen LogP contribution < -0.4 is 5.32 Å². The van der Waals surface area contributed by atoms with Gasteiger partial charge in [0.25, 0.3) is 0 Å². The van der Waals surface area contributed by atoms with Crippen LogP contribution >= 0.6 is 11.8 Å². The fourth-order valence-corrected chi connectivity index (χ4v) is 2.60. The fourth-order valence-electron chi connectivity index (χ4n) is 1.37. The Morgan fingerprint density at radius 1 is 1.77 bits per heavy atom. The highest BCUT2D eigenvalue weighted by Gasteiger charge is 2.27. The molecule has 1 fully saturated rings. The van der Waals surface area contributed by atoms with Gasteiger partial charge in [-0.15, -0.1) is 0 Å². The minimum Gasteiger partial charge on any atom is -0.480 e. The number of hydrogen-bond acceptors (Lipinski definition) is 3. The molecule has 1 saturated heterocycles. The zero-order chi connectivity index (χ0) is 9.26. The van der Waals surface area contributed by atoms with E-state index in [4.69, 9.17) is 5.11 Å². The maximum Gasteiger partial charge on any atom is 0.321 e. The predicted octanol–water partition coefficient (Wildman–Crippen LogP) is 1.19. The minimum absolute atomic E-state index is 0.149. The van der Waals surface area contributed by atoms with Crippen LogP contribution in [0, 0.1) is 0 Å². The third-order valence-corrected chi connectivity index (χ3v) is 3.34. The Hall–Kier alpha value is -0.870. The largest absolute Gasteiger partial charge is 0.480 e. The number of carboxylic acid groups (broad SMARTS) is 1. The molecule has 2 rings (SSSR count). The van der Waals surface area contributed by atoms with E-state index in [1.165, 1.54) is 0 Å². The molecule has 70 valence electrons. The molecule has 1 heterocycles. The van der Waals surface area contributed by atoms with Crippen molar-refractivity contribution in [1.29, 1.82) is 0 Å². The van der Waals surface area contributed by atoms with Gasteiger partial charge in [0.05, 0.1) is 0 Å². The van der Waals surface area contributed by atoms with E-state index in [1.54, 1.807) is 11.8 Å². The van der Waals surface area contributed by atoms with E-state index in [1.807, 2.05) is 24.3 Å². The van der Waals surface area contributed by atoms with Crippen molar-refractivity contribution in [3.8, 4) is 0 Å². The molecule has 0 saturated carbocycles. The smallest absolute Gasteiger partial charge is 0.321 e. The van der Waals surface area contributed by atoms with Crippen molar-refractivity contribution in [2.24, 2.45) is 0 Å². The summed E-state index contributed by atoms with van der Waals surface area (Å²) < 4.78 is 0. The molecular formula is C9H10NO2S-. The molecule has 0 aliphatic carbocycles. The summed E-state index contributed by atoms with van der Waals surface area (Å²) in [5, 5.41) is 12.0. The second-order valence-electron chi connectivity index (χ2n) is 2.99. The number of carbonyl (C=O) groups is 1. The van der Waals surface area contributed by atoms with Gasteiger partial charge < -0.3 is 5.11 Å². The van der Waals surface area contributed by atoms with E-state index >= 15 is 0 Å². The molecular weight excluding hydrogens is 186 g/mol. The molecule has 1 aromatic carbocycles. The quantitative estimate of drug-likeness (QED) is 0.698. The monoisotopic (exact) mass is 196 g/mol. The molecule has 0 spiro atoms. The normalized spacial score (nSPS) is 27.7. The molecule has 0 radical (unpaired) electrons. The first kappa shape index (κ1) is 8.72. The lowest BCUT2D eigenvalue weighted by atomic mass is 10.3. The van der Waals surface area contributed by atoms with Gasteiger partial charge in [0.1, 0.15) is 6.04 Å². The van der Waals surface area contributed by atoms with E-state index in [-0.39, 0.29) is 5.37 Å². The Kier molecular flexibility index (Phi) is 2.33. The molecule has 2 unspecified atom stereocenters. The van der Waals surface area contributed by atoms with Crippen LogP contribution in [0.4, 0.5) is 0 Å². The summed E-state index contributed by atoms with van der Waals surface area (Å²) in [6.45, 7) is 0. The Bertz CT molecular complexity index is 297. The van der Waals surface area contributed by atoms with Crippen molar-refractivity contribution in [3.05, 3.63) is 29.8 Å². The maximum atomic E-state index is 10.6. The topological polar surface area (TPSA) is 49.3 Å².